The Labute approximate surface area is 181 Å². The van der Waals surface area contributed by atoms with E-state index in [4.69, 9.17) is 9.47 Å². The first-order valence-electron chi connectivity index (χ1n) is 9.14. The van der Waals surface area contributed by atoms with Crippen molar-refractivity contribution in [1.29, 1.82) is 0 Å². The number of carbonyl (C=O) groups excluding carboxylic acids is 1. The molecule has 1 aromatic carbocycles. The molecule has 0 radical (unpaired) electrons. The Kier molecular flexibility index (Phi) is 5.82. The number of rotatable bonds is 7. The van der Waals surface area contributed by atoms with Gasteiger partial charge in [0, 0.05) is 11.4 Å². The quantitative estimate of drug-likeness (QED) is 0.456. The van der Waals surface area contributed by atoms with E-state index in [1.165, 1.54) is 11.3 Å². The van der Waals surface area contributed by atoms with Gasteiger partial charge in [0.15, 0.2) is 11.5 Å². The summed E-state index contributed by atoms with van der Waals surface area (Å²) in [7, 11) is 3.15. The van der Waals surface area contributed by atoms with E-state index in [1.54, 1.807) is 42.4 Å². The van der Waals surface area contributed by atoms with Gasteiger partial charge in [0.05, 0.1) is 36.9 Å². The smallest absolute Gasteiger partial charge is 0.229 e. The Morgan fingerprint density at radius 1 is 1.13 bits per heavy atom. The van der Waals surface area contributed by atoms with Crippen molar-refractivity contribution in [3.05, 3.63) is 58.4 Å². The number of nitrogens with zero attached hydrogens (tertiary/aromatic N) is 3. The number of aryl methyl sites for hydroxylation is 1. The molecule has 1 N–H and O–H groups in total. The highest BCUT2D eigenvalue weighted by molar-refractivity contribution is 7.15. The molecule has 154 valence electrons. The van der Waals surface area contributed by atoms with Crippen LogP contribution in [0.5, 0.6) is 11.5 Å². The summed E-state index contributed by atoms with van der Waals surface area (Å²) in [6.45, 7) is 1.88. The third-order valence-corrected chi connectivity index (χ3v) is 6.07. The maximum absolute atomic E-state index is 12.7. The van der Waals surface area contributed by atoms with Gasteiger partial charge in [-0.1, -0.05) is 12.1 Å². The van der Waals surface area contributed by atoms with E-state index < -0.39 is 0 Å². The van der Waals surface area contributed by atoms with Crippen LogP contribution in [0.1, 0.15) is 11.3 Å². The summed E-state index contributed by atoms with van der Waals surface area (Å²) < 4.78 is 12.2. The fourth-order valence-electron chi connectivity index (χ4n) is 3.00. The molecule has 1 amide bonds. The lowest BCUT2D eigenvalue weighted by Gasteiger charge is -2.10. The van der Waals surface area contributed by atoms with Gasteiger partial charge < -0.3 is 14.8 Å². The number of aromatic nitrogens is 3. The van der Waals surface area contributed by atoms with Gasteiger partial charge in [-0.15, -0.1) is 22.7 Å². The van der Waals surface area contributed by atoms with E-state index in [0.29, 0.717) is 22.4 Å². The Balaban J connectivity index is 1.52. The highest BCUT2D eigenvalue weighted by atomic mass is 32.1. The number of thiazole rings is 1. The number of methoxy groups -OCH3 is 2. The Morgan fingerprint density at radius 2 is 1.97 bits per heavy atom. The van der Waals surface area contributed by atoms with Crippen LogP contribution in [-0.4, -0.2) is 34.9 Å². The maximum atomic E-state index is 12.7. The summed E-state index contributed by atoms with van der Waals surface area (Å²) in [5.41, 5.74) is 2.52. The van der Waals surface area contributed by atoms with Crippen LogP contribution in [0.15, 0.2) is 47.2 Å². The average molecular weight is 441 g/mol. The van der Waals surface area contributed by atoms with Crippen molar-refractivity contribution in [2.75, 3.05) is 19.5 Å². The number of amides is 1. The molecule has 0 unspecified atom stereocenters. The van der Waals surface area contributed by atoms with Crippen LogP contribution < -0.4 is 14.8 Å². The summed E-state index contributed by atoms with van der Waals surface area (Å²) in [5.74, 6) is 1.65. The largest absolute Gasteiger partial charge is 0.493 e. The third kappa shape index (κ3) is 4.22. The van der Waals surface area contributed by atoms with Crippen LogP contribution in [0.3, 0.4) is 0 Å². The Morgan fingerprint density at radius 3 is 2.70 bits per heavy atom. The van der Waals surface area contributed by atoms with Gasteiger partial charge in [-0.05, 0) is 36.1 Å². The zero-order chi connectivity index (χ0) is 21.1. The van der Waals surface area contributed by atoms with Gasteiger partial charge in [-0.25, -0.2) is 4.98 Å². The fourth-order valence-corrected chi connectivity index (χ4v) is 4.54. The van der Waals surface area contributed by atoms with Crippen LogP contribution in [0.4, 0.5) is 5.82 Å². The summed E-state index contributed by atoms with van der Waals surface area (Å²) in [5, 5.41) is 12.2. The van der Waals surface area contributed by atoms with Crippen molar-refractivity contribution < 1.29 is 14.3 Å². The van der Waals surface area contributed by atoms with Crippen molar-refractivity contribution >= 4 is 34.4 Å². The number of hydrogen-bond acceptors (Lipinski definition) is 7. The molecule has 4 rings (SSSR count). The van der Waals surface area contributed by atoms with E-state index >= 15 is 0 Å². The minimum absolute atomic E-state index is 0.154. The number of ether oxygens (including phenoxy) is 2. The monoisotopic (exact) mass is 440 g/mol. The predicted octanol–water partition coefficient (Wildman–Crippen LogP) is 4.56. The highest BCUT2D eigenvalue weighted by Crippen LogP contribution is 2.30. The summed E-state index contributed by atoms with van der Waals surface area (Å²) in [4.78, 5) is 18.5. The third-order valence-electron chi connectivity index (χ3n) is 4.36. The van der Waals surface area contributed by atoms with Crippen LogP contribution in [0.2, 0.25) is 0 Å². The number of thiophene rings is 1. The molecule has 0 aliphatic heterocycles. The van der Waals surface area contributed by atoms with Gasteiger partial charge >= 0.3 is 0 Å². The second-order valence-electron chi connectivity index (χ2n) is 6.49. The summed E-state index contributed by atoms with van der Waals surface area (Å²) in [6, 6.07) is 11.3. The Bertz CT molecular complexity index is 1170. The van der Waals surface area contributed by atoms with E-state index in [9.17, 15) is 4.79 Å². The first-order valence-corrected chi connectivity index (χ1v) is 10.9. The molecule has 0 aliphatic rings. The molecule has 4 aromatic rings. The molecule has 0 spiro atoms. The normalized spacial score (nSPS) is 10.8. The van der Waals surface area contributed by atoms with Gasteiger partial charge in [0.25, 0.3) is 0 Å². The lowest BCUT2D eigenvalue weighted by molar-refractivity contribution is -0.115. The standard InChI is InChI=1S/C21H20N4O3S2/c1-13-9-19(23-20(26)11-14-6-7-16(27-2)17(10-14)28-3)25(24-13)21-22-15(12-30-21)18-5-4-8-29-18/h4-10,12H,11H2,1-3H3,(H,23,26). The van der Waals surface area contributed by atoms with Crippen LogP contribution in [0.25, 0.3) is 15.7 Å². The maximum Gasteiger partial charge on any atom is 0.229 e. The number of carbonyl (C=O) groups is 1. The minimum Gasteiger partial charge on any atom is -0.493 e. The molecule has 0 atom stereocenters. The first-order chi connectivity index (χ1) is 14.6. The molecule has 0 saturated heterocycles. The number of benzene rings is 1. The molecular formula is C21H20N4O3S2. The van der Waals surface area contributed by atoms with Crippen molar-refractivity contribution in [2.24, 2.45) is 0 Å². The zero-order valence-electron chi connectivity index (χ0n) is 16.7. The lowest BCUT2D eigenvalue weighted by Crippen LogP contribution is -2.17. The molecule has 30 heavy (non-hydrogen) atoms. The van der Waals surface area contributed by atoms with Gasteiger partial charge in [0.2, 0.25) is 11.0 Å². The molecule has 0 bridgehead atoms. The molecule has 3 aromatic heterocycles. The number of anilines is 1. The SMILES string of the molecule is COc1ccc(CC(=O)Nc2cc(C)nn2-c2nc(-c3cccs3)cs2)cc1OC. The molecule has 3 heterocycles. The number of hydrogen-bond donors (Lipinski definition) is 1. The first kappa shape index (κ1) is 20.1. The van der Waals surface area contributed by atoms with Crippen molar-refractivity contribution in [3.63, 3.8) is 0 Å². The number of nitrogens with one attached hydrogen (secondary N) is 1. The fraction of sp³-hybridized carbons (Fsp3) is 0.190. The molecule has 0 aliphatic carbocycles. The van der Waals surface area contributed by atoms with Crippen molar-refractivity contribution in [3.8, 4) is 27.2 Å². The molecular weight excluding hydrogens is 420 g/mol. The van der Waals surface area contributed by atoms with Gasteiger partial charge in [0.1, 0.15) is 5.82 Å². The Hall–Kier alpha value is -3.17. The predicted molar refractivity (Wildman–Crippen MR) is 119 cm³/mol. The van der Waals surface area contributed by atoms with Crippen LogP contribution in [-0.2, 0) is 11.2 Å². The van der Waals surface area contributed by atoms with Gasteiger partial charge in [-0.2, -0.15) is 9.78 Å². The second kappa shape index (κ2) is 8.68. The lowest BCUT2D eigenvalue weighted by atomic mass is 10.1. The van der Waals surface area contributed by atoms with E-state index in [1.807, 2.05) is 41.9 Å². The summed E-state index contributed by atoms with van der Waals surface area (Å²) in [6.07, 6.45) is 0.197. The summed E-state index contributed by atoms with van der Waals surface area (Å²) >= 11 is 3.12. The minimum atomic E-state index is -0.154. The van der Waals surface area contributed by atoms with Crippen LogP contribution in [0, 0.1) is 6.92 Å². The molecule has 7 nitrogen and oxygen atoms in total. The van der Waals surface area contributed by atoms with E-state index in [0.717, 1.165) is 21.8 Å². The second-order valence-corrected chi connectivity index (χ2v) is 8.27. The van der Waals surface area contributed by atoms with Crippen molar-refractivity contribution in [2.45, 2.75) is 13.3 Å². The zero-order valence-corrected chi connectivity index (χ0v) is 18.3. The van der Waals surface area contributed by atoms with Crippen LogP contribution >= 0.6 is 22.7 Å². The topological polar surface area (TPSA) is 78.3 Å². The van der Waals surface area contributed by atoms with E-state index in [2.05, 4.69) is 15.4 Å². The molecule has 0 saturated carbocycles. The van der Waals surface area contributed by atoms with E-state index in [-0.39, 0.29) is 12.3 Å². The van der Waals surface area contributed by atoms with Crippen molar-refractivity contribution in [1.82, 2.24) is 14.8 Å². The molecule has 0 fully saturated rings. The average Bonchev–Trinajstić information content (AvgIpc) is 3.48. The molecule has 9 heteroatoms. The highest BCUT2D eigenvalue weighted by Gasteiger charge is 2.16. The van der Waals surface area contributed by atoms with Gasteiger partial charge in [-0.3, -0.25) is 4.79 Å².